The van der Waals surface area contributed by atoms with Gasteiger partial charge in [-0.05, 0) is 63.1 Å². The number of hydrogen-bond acceptors (Lipinski definition) is 2. The van der Waals surface area contributed by atoms with E-state index in [0.29, 0.717) is 24.2 Å². The number of aryl methyl sites for hydroxylation is 2. The molecular weight excluding hydrogens is 362 g/mol. The van der Waals surface area contributed by atoms with Gasteiger partial charge >= 0.3 is 0 Å². The first-order chi connectivity index (χ1) is 13.9. The van der Waals surface area contributed by atoms with Crippen LogP contribution in [-0.4, -0.2) is 22.9 Å². The number of benzene rings is 2. The summed E-state index contributed by atoms with van der Waals surface area (Å²) in [5, 5.41) is 5.76. The summed E-state index contributed by atoms with van der Waals surface area (Å²) in [4.78, 5) is 24.8. The van der Waals surface area contributed by atoms with Crippen molar-refractivity contribution < 1.29 is 9.59 Å². The van der Waals surface area contributed by atoms with Crippen LogP contribution in [0.4, 0.5) is 0 Å². The number of para-hydroxylation sites is 1. The van der Waals surface area contributed by atoms with Crippen LogP contribution in [0.1, 0.15) is 50.2 Å². The summed E-state index contributed by atoms with van der Waals surface area (Å²) in [6, 6.07) is 17.4. The molecule has 0 aliphatic rings. The summed E-state index contributed by atoms with van der Waals surface area (Å²) in [6.45, 7) is 8.86. The number of hydrogen-bond donors (Lipinski definition) is 2. The summed E-state index contributed by atoms with van der Waals surface area (Å²) >= 11 is 0. The van der Waals surface area contributed by atoms with Crippen molar-refractivity contribution in [1.29, 1.82) is 0 Å². The monoisotopic (exact) mass is 389 g/mol. The fourth-order valence-electron chi connectivity index (χ4n) is 3.54. The first-order valence-corrected chi connectivity index (χ1v) is 9.82. The fourth-order valence-corrected chi connectivity index (χ4v) is 3.54. The molecule has 29 heavy (non-hydrogen) atoms. The Labute approximate surface area is 171 Å². The van der Waals surface area contributed by atoms with Crippen molar-refractivity contribution in [2.24, 2.45) is 0 Å². The van der Waals surface area contributed by atoms with Crippen molar-refractivity contribution in [2.45, 2.75) is 34.2 Å². The smallest absolute Gasteiger partial charge is 0.253 e. The van der Waals surface area contributed by atoms with E-state index in [-0.39, 0.29) is 11.8 Å². The van der Waals surface area contributed by atoms with Gasteiger partial charge in [0.1, 0.15) is 0 Å². The van der Waals surface area contributed by atoms with Crippen LogP contribution in [0, 0.1) is 20.8 Å². The molecule has 2 N–H and O–H groups in total. The van der Waals surface area contributed by atoms with E-state index in [2.05, 4.69) is 34.3 Å². The lowest BCUT2D eigenvalue weighted by molar-refractivity contribution is 0.0946. The Balaban J connectivity index is 1.77. The first-order valence-electron chi connectivity index (χ1n) is 9.82. The zero-order valence-corrected chi connectivity index (χ0v) is 17.4. The summed E-state index contributed by atoms with van der Waals surface area (Å²) in [5.41, 5.74) is 6.29. The number of carbonyl (C=O) groups excluding carboxylic acids is 2. The zero-order valence-electron chi connectivity index (χ0n) is 17.4. The second kappa shape index (κ2) is 8.78. The van der Waals surface area contributed by atoms with E-state index >= 15 is 0 Å². The van der Waals surface area contributed by atoms with E-state index in [0.717, 1.165) is 28.2 Å². The molecule has 0 unspecified atom stereocenters. The Kier molecular flexibility index (Phi) is 6.17. The second-order valence-electron chi connectivity index (χ2n) is 7.15. The summed E-state index contributed by atoms with van der Waals surface area (Å²) in [6.07, 6.45) is 0. The Bertz CT molecular complexity index is 1050. The molecule has 3 aromatic rings. The van der Waals surface area contributed by atoms with Crippen molar-refractivity contribution in [2.75, 3.05) is 6.54 Å². The molecule has 150 valence electrons. The van der Waals surface area contributed by atoms with Crippen molar-refractivity contribution in [3.63, 3.8) is 0 Å². The number of aromatic nitrogens is 1. The maximum absolute atomic E-state index is 12.8. The van der Waals surface area contributed by atoms with Gasteiger partial charge in [-0.25, -0.2) is 0 Å². The largest absolute Gasteiger partial charge is 0.352 e. The average Bonchev–Trinajstić information content (AvgIpc) is 3.01. The van der Waals surface area contributed by atoms with Gasteiger partial charge in [-0.3, -0.25) is 9.59 Å². The van der Waals surface area contributed by atoms with Crippen molar-refractivity contribution in [3.05, 3.63) is 88.2 Å². The van der Waals surface area contributed by atoms with Crippen LogP contribution < -0.4 is 10.6 Å². The van der Waals surface area contributed by atoms with Gasteiger partial charge in [-0.1, -0.05) is 30.3 Å². The third-order valence-corrected chi connectivity index (χ3v) is 5.01. The van der Waals surface area contributed by atoms with Gasteiger partial charge in [0.15, 0.2) is 0 Å². The molecule has 0 aliphatic heterocycles. The minimum Gasteiger partial charge on any atom is -0.352 e. The number of carbonyl (C=O) groups is 2. The minimum atomic E-state index is -0.124. The van der Waals surface area contributed by atoms with Crippen LogP contribution in [0.3, 0.4) is 0 Å². The van der Waals surface area contributed by atoms with Crippen LogP contribution >= 0.6 is 0 Å². The highest BCUT2D eigenvalue weighted by atomic mass is 16.2. The lowest BCUT2D eigenvalue weighted by atomic mass is 10.1. The molecule has 5 heteroatoms. The van der Waals surface area contributed by atoms with E-state index < -0.39 is 0 Å². The van der Waals surface area contributed by atoms with Crippen LogP contribution in [0.15, 0.2) is 54.6 Å². The Morgan fingerprint density at radius 1 is 0.897 bits per heavy atom. The number of amides is 2. The number of rotatable bonds is 6. The maximum Gasteiger partial charge on any atom is 0.253 e. The van der Waals surface area contributed by atoms with Crippen LogP contribution in [-0.2, 0) is 6.54 Å². The highest BCUT2D eigenvalue weighted by molar-refractivity contribution is 5.96. The predicted octanol–water partition coefficient (Wildman–Crippen LogP) is 4.08. The predicted molar refractivity (Wildman–Crippen MR) is 116 cm³/mol. The SMILES string of the molecule is CCNC(=O)c1cccc(CNC(=O)c2cc(C)n(-c3ccccc3C)c2C)c1. The third-order valence-electron chi connectivity index (χ3n) is 5.01. The van der Waals surface area contributed by atoms with Crippen molar-refractivity contribution in [3.8, 4) is 5.69 Å². The summed E-state index contributed by atoms with van der Waals surface area (Å²) in [7, 11) is 0. The standard InChI is InChI=1S/C24H27N3O2/c1-5-25-23(28)20-11-8-10-19(14-20)15-26-24(29)21-13-17(3)27(18(21)4)22-12-7-6-9-16(22)2/h6-14H,5,15H2,1-4H3,(H,25,28)(H,26,29). The molecule has 0 saturated carbocycles. The van der Waals surface area contributed by atoms with Gasteiger partial charge in [0.05, 0.1) is 5.56 Å². The second-order valence-corrected chi connectivity index (χ2v) is 7.15. The zero-order chi connectivity index (χ0) is 21.0. The molecule has 1 heterocycles. The van der Waals surface area contributed by atoms with E-state index in [4.69, 9.17) is 0 Å². The molecule has 0 fully saturated rings. The third kappa shape index (κ3) is 4.40. The molecule has 5 nitrogen and oxygen atoms in total. The van der Waals surface area contributed by atoms with Crippen molar-refractivity contribution in [1.82, 2.24) is 15.2 Å². The summed E-state index contributed by atoms with van der Waals surface area (Å²) in [5.74, 6) is -0.233. The minimum absolute atomic E-state index is 0.109. The molecule has 0 saturated heterocycles. The van der Waals surface area contributed by atoms with E-state index in [1.165, 1.54) is 0 Å². The molecule has 0 atom stereocenters. The topological polar surface area (TPSA) is 63.1 Å². The quantitative estimate of drug-likeness (QED) is 0.667. The fraction of sp³-hybridized carbons (Fsp3) is 0.250. The van der Waals surface area contributed by atoms with Gasteiger partial charge in [-0.2, -0.15) is 0 Å². The van der Waals surface area contributed by atoms with Gasteiger partial charge in [-0.15, -0.1) is 0 Å². The average molecular weight is 389 g/mol. The molecule has 3 rings (SSSR count). The molecule has 0 aliphatic carbocycles. The number of nitrogens with zero attached hydrogens (tertiary/aromatic N) is 1. The van der Waals surface area contributed by atoms with Crippen LogP contribution in [0.25, 0.3) is 5.69 Å². The molecule has 0 spiro atoms. The lowest BCUT2D eigenvalue weighted by Gasteiger charge is -2.13. The maximum atomic E-state index is 12.8. The molecule has 0 bridgehead atoms. The van der Waals surface area contributed by atoms with Gasteiger partial charge < -0.3 is 15.2 Å². The molecule has 1 aromatic heterocycles. The van der Waals surface area contributed by atoms with Crippen LogP contribution in [0.5, 0.6) is 0 Å². The highest BCUT2D eigenvalue weighted by Gasteiger charge is 2.17. The lowest BCUT2D eigenvalue weighted by Crippen LogP contribution is -2.25. The Hall–Kier alpha value is -3.34. The number of nitrogens with one attached hydrogen (secondary N) is 2. The van der Waals surface area contributed by atoms with Crippen molar-refractivity contribution >= 4 is 11.8 Å². The Morgan fingerprint density at radius 3 is 2.38 bits per heavy atom. The Morgan fingerprint density at radius 2 is 1.66 bits per heavy atom. The van der Waals surface area contributed by atoms with E-state index in [1.54, 1.807) is 6.07 Å². The van der Waals surface area contributed by atoms with E-state index in [9.17, 15) is 9.59 Å². The normalized spacial score (nSPS) is 10.6. The van der Waals surface area contributed by atoms with Gasteiger partial charge in [0.25, 0.3) is 11.8 Å². The summed E-state index contributed by atoms with van der Waals surface area (Å²) < 4.78 is 2.11. The molecular formula is C24H27N3O2. The molecule has 2 aromatic carbocycles. The van der Waals surface area contributed by atoms with Gasteiger partial charge in [0, 0.05) is 35.7 Å². The first kappa shape index (κ1) is 20.4. The van der Waals surface area contributed by atoms with E-state index in [1.807, 2.05) is 57.2 Å². The van der Waals surface area contributed by atoms with Gasteiger partial charge in [0.2, 0.25) is 0 Å². The van der Waals surface area contributed by atoms with Crippen LogP contribution in [0.2, 0.25) is 0 Å². The highest BCUT2D eigenvalue weighted by Crippen LogP contribution is 2.23. The molecule has 0 radical (unpaired) electrons. The molecule has 2 amide bonds.